The lowest BCUT2D eigenvalue weighted by Gasteiger charge is -2.18. The molecule has 38 heavy (non-hydrogen) atoms. The summed E-state index contributed by atoms with van der Waals surface area (Å²) in [6.07, 6.45) is 2.24. The largest absolute Gasteiger partial charge is 0.514 e. The Morgan fingerprint density at radius 1 is 0.789 bits per heavy atom. The summed E-state index contributed by atoms with van der Waals surface area (Å²) in [4.78, 5) is 41.2. The standard InChI is InChI=1S/C30H26N2O6/c1-30(2,3)38-29(36)37-24-11-7-10-20(15-24)21-12-13-25(28(34)35)26(16-21)32-27(33)23-14-22(17-31-18-23)19-8-5-4-6-9-19/h4-18H,1-3H3,(H,32,33)(H,34,35). The van der Waals surface area contributed by atoms with Crippen LogP contribution in [0.1, 0.15) is 41.5 Å². The van der Waals surface area contributed by atoms with E-state index >= 15 is 0 Å². The molecule has 0 aliphatic heterocycles. The van der Waals surface area contributed by atoms with Gasteiger partial charge in [-0.3, -0.25) is 9.78 Å². The van der Waals surface area contributed by atoms with Crippen LogP contribution in [0.2, 0.25) is 0 Å². The summed E-state index contributed by atoms with van der Waals surface area (Å²) in [5, 5.41) is 12.4. The maximum atomic E-state index is 13.1. The van der Waals surface area contributed by atoms with Gasteiger partial charge in [-0.1, -0.05) is 48.5 Å². The van der Waals surface area contributed by atoms with Crippen molar-refractivity contribution in [1.29, 1.82) is 0 Å². The minimum absolute atomic E-state index is 0.0737. The summed E-state index contributed by atoms with van der Waals surface area (Å²) in [6.45, 7) is 5.20. The van der Waals surface area contributed by atoms with Crippen LogP contribution in [-0.4, -0.2) is 33.7 Å². The van der Waals surface area contributed by atoms with Gasteiger partial charge < -0.3 is 19.9 Å². The molecule has 0 fully saturated rings. The zero-order valence-electron chi connectivity index (χ0n) is 21.1. The number of amides is 1. The van der Waals surface area contributed by atoms with Crippen molar-refractivity contribution in [2.75, 3.05) is 5.32 Å². The number of carboxylic acid groups (broad SMARTS) is 1. The molecule has 0 atom stereocenters. The zero-order chi connectivity index (χ0) is 27.3. The van der Waals surface area contributed by atoms with E-state index in [0.29, 0.717) is 11.1 Å². The van der Waals surface area contributed by atoms with Crippen molar-refractivity contribution in [3.05, 3.63) is 102 Å². The number of benzene rings is 3. The highest BCUT2D eigenvalue weighted by Gasteiger charge is 2.19. The van der Waals surface area contributed by atoms with Crippen LogP contribution < -0.4 is 10.1 Å². The van der Waals surface area contributed by atoms with Gasteiger partial charge in [0.2, 0.25) is 0 Å². The molecule has 0 radical (unpaired) electrons. The van der Waals surface area contributed by atoms with Gasteiger partial charge in [-0.2, -0.15) is 0 Å². The summed E-state index contributed by atoms with van der Waals surface area (Å²) >= 11 is 0. The van der Waals surface area contributed by atoms with Crippen molar-refractivity contribution < 1.29 is 29.0 Å². The first kappa shape index (κ1) is 26.1. The van der Waals surface area contributed by atoms with Crippen molar-refractivity contribution in [2.24, 2.45) is 0 Å². The van der Waals surface area contributed by atoms with E-state index in [0.717, 1.165) is 11.1 Å². The average Bonchev–Trinajstić information content (AvgIpc) is 2.88. The number of hydrogen-bond donors (Lipinski definition) is 2. The number of nitrogens with one attached hydrogen (secondary N) is 1. The van der Waals surface area contributed by atoms with E-state index in [-0.39, 0.29) is 22.6 Å². The minimum atomic E-state index is -1.19. The highest BCUT2D eigenvalue weighted by atomic mass is 16.7. The highest BCUT2D eigenvalue weighted by molar-refractivity contribution is 6.08. The lowest BCUT2D eigenvalue weighted by Crippen LogP contribution is -2.25. The number of anilines is 1. The summed E-state index contributed by atoms with van der Waals surface area (Å²) in [5.41, 5.74) is 2.52. The summed E-state index contributed by atoms with van der Waals surface area (Å²) in [6, 6.07) is 22.5. The smallest absolute Gasteiger partial charge is 0.478 e. The maximum absolute atomic E-state index is 13.1. The highest BCUT2D eigenvalue weighted by Crippen LogP contribution is 2.29. The Morgan fingerprint density at radius 3 is 2.21 bits per heavy atom. The lowest BCUT2D eigenvalue weighted by atomic mass is 10.0. The predicted molar refractivity (Wildman–Crippen MR) is 143 cm³/mol. The van der Waals surface area contributed by atoms with Crippen molar-refractivity contribution in [1.82, 2.24) is 4.98 Å². The number of ether oxygens (including phenoxy) is 2. The van der Waals surface area contributed by atoms with E-state index < -0.39 is 23.6 Å². The number of aromatic nitrogens is 1. The van der Waals surface area contributed by atoms with Crippen LogP contribution >= 0.6 is 0 Å². The molecule has 4 rings (SSSR count). The molecule has 0 saturated carbocycles. The van der Waals surface area contributed by atoms with Crippen molar-refractivity contribution >= 4 is 23.7 Å². The van der Waals surface area contributed by atoms with Gasteiger partial charge in [-0.05, 0) is 67.8 Å². The number of hydrogen-bond acceptors (Lipinski definition) is 6. The number of carbonyl (C=O) groups excluding carboxylic acids is 2. The van der Waals surface area contributed by atoms with Gasteiger partial charge in [0.15, 0.2) is 0 Å². The number of carboxylic acids is 1. The molecule has 8 heteroatoms. The maximum Gasteiger partial charge on any atom is 0.514 e. The fraction of sp³-hybridized carbons (Fsp3) is 0.133. The van der Waals surface area contributed by atoms with Crippen LogP contribution in [0, 0.1) is 0 Å². The molecule has 0 aliphatic carbocycles. The number of aromatic carboxylic acids is 1. The quantitative estimate of drug-likeness (QED) is 0.220. The van der Waals surface area contributed by atoms with Crippen LogP contribution in [-0.2, 0) is 4.74 Å². The van der Waals surface area contributed by atoms with Gasteiger partial charge in [0.1, 0.15) is 11.4 Å². The molecule has 4 aromatic rings. The second kappa shape index (κ2) is 11.0. The molecule has 3 aromatic carbocycles. The predicted octanol–water partition coefficient (Wildman–Crippen LogP) is 6.68. The third-order valence-electron chi connectivity index (χ3n) is 5.36. The van der Waals surface area contributed by atoms with Gasteiger partial charge in [0.05, 0.1) is 16.8 Å². The van der Waals surface area contributed by atoms with Crippen molar-refractivity contribution in [3.63, 3.8) is 0 Å². The monoisotopic (exact) mass is 510 g/mol. The Morgan fingerprint density at radius 2 is 1.50 bits per heavy atom. The Kier molecular flexibility index (Phi) is 7.53. The van der Waals surface area contributed by atoms with Gasteiger partial charge in [-0.15, -0.1) is 0 Å². The fourth-order valence-electron chi connectivity index (χ4n) is 3.67. The molecular formula is C30H26N2O6. The Hall–Kier alpha value is -4.98. The lowest BCUT2D eigenvalue weighted by molar-refractivity contribution is 0.0206. The number of pyridine rings is 1. The molecule has 0 saturated heterocycles. The number of carbonyl (C=O) groups is 3. The zero-order valence-corrected chi connectivity index (χ0v) is 21.1. The van der Waals surface area contributed by atoms with E-state index in [1.165, 1.54) is 12.3 Å². The topological polar surface area (TPSA) is 115 Å². The molecule has 0 aliphatic rings. The number of rotatable bonds is 6. The van der Waals surface area contributed by atoms with Gasteiger partial charge in [-0.25, -0.2) is 9.59 Å². The molecule has 1 aromatic heterocycles. The molecule has 0 bridgehead atoms. The van der Waals surface area contributed by atoms with Gasteiger partial charge in [0.25, 0.3) is 5.91 Å². The van der Waals surface area contributed by atoms with E-state index in [2.05, 4.69) is 10.3 Å². The summed E-state index contributed by atoms with van der Waals surface area (Å²) in [7, 11) is 0. The van der Waals surface area contributed by atoms with Crippen molar-refractivity contribution in [3.8, 4) is 28.0 Å². The molecule has 8 nitrogen and oxygen atoms in total. The molecule has 0 unspecified atom stereocenters. The first-order chi connectivity index (χ1) is 18.1. The van der Waals surface area contributed by atoms with Crippen LogP contribution in [0.3, 0.4) is 0 Å². The van der Waals surface area contributed by atoms with E-state index in [1.807, 2.05) is 30.3 Å². The first-order valence-electron chi connectivity index (χ1n) is 11.8. The second-order valence-electron chi connectivity index (χ2n) is 9.44. The third kappa shape index (κ3) is 6.61. The number of nitrogens with zero attached hydrogens (tertiary/aromatic N) is 1. The van der Waals surface area contributed by atoms with E-state index in [1.54, 1.807) is 69.4 Å². The van der Waals surface area contributed by atoms with Crippen LogP contribution in [0.25, 0.3) is 22.3 Å². The van der Waals surface area contributed by atoms with Crippen LogP contribution in [0.4, 0.5) is 10.5 Å². The molecule has 192 valence electrons. The second-order valence-corrected chi connectivity index (χ2v) is 9.44. The van der Waals surface area contributed by atoms with Crippen LogP contribution in [0.5, 0.6) is 5.75 Å². The molecule has 2 N–H and O–H groups in total. The Bertz CT molecular complexity index is 1490. The molecule has 0 spiro atoms. The normalized spacial score (nSPS) is 10.9. The van der Waals surface area contributed by atoms with Crippen molar-refractivity contribution in [2.45, 2.75) is 26.4 Å². The van der Waals surface area contributed by atoms with Gasteiger partial charge >= 0.3 is 12.1 Å². The first-order valence-corrected chi connectivity index (χ1v) is 11.8. The Balaban J connectivity index is 1.60. The fourth-order valence-corrected chi connectivity index (χ4v) is 3.67. The molecule has 1 heterocycles. The third-order valence-corrected chi connectivity index (χ3v) is 5.36. The summed E-state index contributed by atoms with van der Waals surface area (Å²) < 4.78 is 10.5. The SMILES string of the molecule is CC(C)(C)OC(=O)Oc1cccc(-c2ccc(C(=O)O)c(NC(=O)c3cncc(-c4ccccc4)c3)c2)c1. The Labute approximate surface area is 219 Å². The van der Waals surface area contributed by atoms with E-state index in [9.17, 15) is 19.5 Å². The average molecular weight is 511 g/mol. The minimum Gasteiger partial charge on any atom is -0.478 e. The molecule has 1 amide bonds. The summed E-state index contributed by atoms with van der Waals surface area (Å²) in [5.74, 6) is -1.43. The van der Waals surface area contributed by atoms with E-state index in [4.69, 9.17) is 9.47 Å². The van der Waals surface area contributed by atoms with Gasteiger partial charge in [0, 0.05) is 18.0 Å². The molecular weight excluding hydrogens is 484 g/mol. The van der Waals surface area contributed by atoms with Crippen LogP contribution in [0.15, 0.2) is 91.3 Å².